The molecule has 0 aromatic heterocycles. The van der Waals surface area contributed by atoms with Crippen LogP contribution in [0.4, 0.5) is 4.79 Å². The van der Waals surface area contributed by atoms with E-state index in [1.807, 2.05) is 20.8 Å². The molecular weight excluding hydrogens is 260 g/mol. The quantitative estimate of drug-likeness (QED) is 0.783. The van der Waals surface area contributed by atoms with Crippen LogP contribution in [0.3, 0.4) is 0 Å². The molecule has 0 bridgehead atoms. The summed E-state index contributed by atoms with van der Waals surface area (Å²) in [5.74, 6) is 0. The highest BCUT2D eigenvalue weighted by atomic mass is 16.6. The predicted octanol–water partition coefficient (Wildman–Crippen LogP) is 0.735. The summed E-state index contributed by atoms with van der Waals surface area (Å²) in [4.78, 5) is 14.0. The third kappa shape index (κ3) is 4.33. The summed E-state index contributed by atoms with van der Waals surface area (Å²) in [5.41, 5.74) is -0.462. The predicted molar refractivity (Wildman–Crippen MR) is 74.6 cm³/mol. The summed E-state index contributed by atoms with van der Waals surface area (Å²) < 4.78 is 10.5. The van der Waals surface area contributed by atoms with Crippen LogP contribution in [0.5, 0.6) is 0 Å². The lowest BCUT2D eigenvalue weighted by Crippen LogP contribution is -2.51. The molecule has 0 radical (unpaired) electrons. The monoisotopic (exact) mass is 286 g/mol. The molecule has 6 nitrogen and oxygen atoms in total. The van der Waals surface area contributed by atoms with Gasteiger partial charge in [-0.15, -0.1) is 0 Å². The number of nitrogens with one attached hydrogen (secondary N) is 1. The third-order valence-corrected chi connectivity index (χ3v) is 3.74. The van der Waals surface area contributed by atoms with Crippen molar-refractivity contribution < 1.29 is 19.4 Å². The lowest BCUT2D eigenvalue weighted by molar-refractivity contribution is 0.0412. The fourth-order valence-electron chi connectivity index (χ4n) is 2.73. The van der Waals surface area contributed by atoms with Crippen LogP contribution in [0.2, 0.25) is 0 Å². The van der Waals surface area contributed by atoms with Crippen molar-refractivity contribution in [1.82, 2.24) is 10.2 Å². The van der Waals surface area contributed by atoms with Crippen LogP contribution in [0.25, 0.3) is 0 Å². The maximum atomic E-state index is 11.7. The number of aliphatic hydroxyl groups excluding tert-OH is 1. The van der Waals surface area contributed by atoms with E-state index in [4.69, 9.17) is 9.47 Å². The van der Waals surface area contributed by atoms with Gasteiger partial charge >= 0.3 is 6.09 Å². The van der Waals surface area contributed by atoms with Crippen molar-refractivity contribution in [2.75, 3.05) is 26.3 Å². The standard InChI is InChI=1S/C14H26N2O4/c1-14(2,3)20-13(18)15-10-4-6-16(7-5-10)11-8-19-9-12(11)17/h10-12,17H,4-9H2,1-3H3,(H,15,18). The van der Waals surface area contributed by atoms with Crippen molar-refractivity contribution in [3.63, 3.8) is 0 Å². The summed E-state index contributed by atoms with van der Waals surface area (Å²) in [6.07, 6.45) is 1.02. The molecule has 2 unspecified atom stereocenters. The van der Waals surface area contributed by atoms with Crippen molar-refractivity contribution in [2.24, 2.45) is 0 Å². The van der Waals surface area contributed by atoms with Gasteiger partial charge in [0, 0.05) is 19.1 Å². The minimum absolute atomic E-state index is 0.109. The summed E-state index contributed by atoms with van der Waals surface area (Å²) in [6, 6.07) is 0.262. The number of carbonyl (C=O) groups is 1. The molecule has 2 N–H and O–H groups in total. The number of ether oxygens (including phenoxy) is 2. The number of hydrogen-bond acceptors (Lipinski definition) is 5. The molecule has 2 saturated heterocycles. The summed E-state index contributed by atoms with van der Waals surface area (Å²) in [7, 11) is 0. The van der Waals surface area contributed by atoms with Crippen LogP contribution in [0.15, 0.2) is 0 Å². The van der Waals surface area contributed by atoms with Gasteiger partial charge in [0.2, 0.25) is 0 Å². The molecule has 2 atom stereocenters. The van der Waals surface area contributed by atoms with E-state index in [1.54, 1.807) is 0 Å². The van der Waals surface area contributed by atoms with Crippen LogP contribution >= 0.6 is 0 Å². The summed E-state index contributed by atoms with van der Waals surface area (Å²) in [5, 5.41) is 12.7. The van der Waals surface area contributed by atoms with Gasteiger partial charge in [-0.3, -0.25) is 4.90 Å². The molecule has 2 heterocycles. The number of rotatable bonds is 2. The molecule has 2 aliphatic rings. The SMILES string of the molecule is CC(C)(C)OC(=O)NC1CCN(C2COCC2O)CC1. The number of carbonyl (C=O) groups excluding carboxylic acids is 1. The van der Waals surface area contributed by atoms with Gasteiger partial charge in [-0.2, -0.15) is 0 Å². The molecule has 116 valence electrons. The highest BCUT2D eigenvalue weighted by molar-refractivity contribution is 5.68. The first-order valence-electron chi connectivity index (χ1n) is 7.34. The number of amides is 1. The number of alkyl carbamates (subject to hydrolysis) is 1. The molecular formula is C14H26N2O4. The van der Waals surface area contributed by atoms with Crippen LogP contribution in [-0.2, 0) is 9.47 Å². The maximum absolute atomic E-state index is 11.7. The number of aliphatic hydroxyl groups is 1. The second kappa shape index (κ2) is 6.28. The van der Waals surface area contributed by atoms with E-state index in [0.717, 1.165) is 25.9 Å². The Labute approximate surface area is 120 Å². The van der Waals surface area contributed by atoms with E-state index in [-0.39, 0.29) is 24.3 Å². The molecule has 0 aromatic rings. The summed E-state index contributed by atoms with van der Waals surface area (Å²) in [6.45, 7) is 8.34. The van der Waals surface area contributed by atoms with Gasteiger partial charge in [-0.1, -0.05) is 0 Å². The fraction of sp³-hybridized carbons (Fsp3) is 0.929. The van der Waals surface area contributed by atoms with E-state index in [1.165, 1.54) is 0 Å². The first-order valence-corrected chi connectivity index (χ1v) is 7.34. The zero-order chi connectivity index (χ0) is 14.8. The molecule has 0 saturated carbocycles. The van der Waals surface area contributed by atoms with E-state index < -0.39 is 5.60 Å². The molecule has 6 heteroatoms. The van der Waals surface area contributed by atoms with E-state index in [9.17, 15) is 9.90 Å². The van der Waals surface area contributed by atoms with Crippen LogP contribution in [-0.4, -0.2) is 66.2 Å². The Morgan fingerprint density at radius 1 is 1.30 bits per heavy atom. The largest absolute Gasteiger partial charge is 0.444 e. The number of hydrogen-bond donors (Lipinski definition) is 2. The van der Waals surface area contributed by atoms with Gasteiger partial charge < -0.3 is 19.9 Å². The second-order valence-corrected chi connectivity index (χ2v) is 6.63. The highest BCUT2D eigenvalue weighted by Gasteiger charge is 2.34. The number of piperidine rings is 1. The van der Waals surface area contributed by atoms with Crippen LogP contribution in [0.1, 0.15) is 33.6 Å². The molecule has 2 aliphatic heterocycles. The zero-order valence-electron chi connectivity index (χ0n) is 12.6. The fourth-order valence-corrected chi connectivity index (χ4v) is 2.73. The average Bonchev–Trinajstić information content (AvgIpc) is 2.74. The highest BCUT2D eigenvalue weighted by Crippen LogP contribution is 2.19. The molecule has 2 fully saturated rings. The number of nitrogens with zero attached hydrogens (tertiary/aromatic N) is 1. The third-order valence-electron chi connectivity index (χ3n) is 3.74. The molecule has 0 spiro atoms. The van der Waals surface area contributed by atoms with Gasteiger partial charge in [0.15, 0.2) is 0 Å². The van der Waals surface area contributed by atoms with Crippen molar-refractivity contribution >= 4 is 6.09 Å². The van der Waals surface area contributed by atoms with E-state index in [0.29, 0.717) is 13.2 Å². The first kappa shape index (κ1) is 15.5. The molecule has 1 amide bonds. The van der Waals surface area contributed by atoms with Gasteiger partial charge in [0.1, 0.15) is 5.60 Å². The van der Waals surface area contributed by atoms with Crippen molar-refractivity contribution in [3.8, 4) is 0 Å². The lowest BCUT2D eigenvalue weighted by Gasteiger charge is -2.36. The second-order valence-electron chi connectivity index (χ2n) is 6.63. The topological polar surface area (TPSA) is 71.0 Å². The van der Waals surface area contributed by atoms with Crippen LogP contribution in [0, 0.1) is 0 Å². The van der Waals surface area contributed by atoms with Crippen LogP contribution < -0.4 is 5.32 Å². The molecule has 2 rings (SSSR count). The van der Waals surface area contributed by atoms with Crippen molar-refractivity contribution in [2.45, 2.75) is 57.4 Å². The van der Waals surface area contributed by atoms with Gasteiger partial charge in [0.25, 0.3) is 0 Å². The van der Waals surface area contributed by atoms with Gasteiger partial charge in [-0.25, -0.2) is 4.79 Å². The first-order chi connectivity index (χ1) is 9.35. The normalized spacial score (nSPS) is 29.4. The average molecular weight is 286 g/mol. The van der Waals surface area contributed by atoms with Gasteiger partial charge in [0.05, 0.1) is 25.4 Å². The Kier molecular flexibility index (Phi) is 4.88. The van der Waals surface area contributed by atoms with Gasteiger partial charge in [-0.05, 0) is 33.6 Å². The zero-order valence-corrected chi connectivity index (χ0v) is 12.6. The number of likely N-dealkylation sites (tertiary alicyclic amines) is 1. The molecule has 0 aromatic carbocycles. The maximum Gasteiger partial charge on any atom is 0.407 e. The Morgan fingerprint density at radius 2 is 1.95 bits per heavy atom. The Bertz CT molecular complexity index is 335. The minimum atomic E-state index is -0.462. The van der Waals surface area contributed by atoms with Crippen molar-refractivity contribution in [1.29, 1.82) is 0 Å². The molecule has 0 aliphatic carbocycles. The Morgan fingerprint density at radius 3 is 2.45 bits per heavy atom. The molecule has 20 heavy (non-hydrogen) atoms. The van der Waals surface area contributed by atoms with E-state index >= 15 is 0 Å². The smallest absolute Gasteiger partial charge is 0.407 e. The Hall–Kier alpha value is -0.850. The van der Waals surface area contributed by atoms with E-state index in [2.05, 4.69) is 10.2 Å². The Balaban J connectivity index is 1.73. The minimum Gasteiger partial charge on any atom is -0.444 e. The lowest BCUT2D eigenvalue weighted by atomic mass is 10.0. The van der Waals surface area contributed by atoms with Crippen molar-refractivity contribution in [3.05, 3.63) is 0 Å². The summed E-state index contributed by atoms with van der Waals surface area (Å²) >= 11 is 0.